The number of epoxide rings is 1. The van der Waals surface area contributed by atoms with Crippen LogP contribution in [0.1, 0.15) is 16.8 Å². The minimum Gasteiger partial charge on any atom is -0.436 e. The van der Waals surface area contributed by atoms with Gasteiger partial charge in [0.15, 0.2) is 5.60 Å². The van der Waals surface area contributed by atoms with Crippen LogP contribution >= 0.6 is 56.8 Å². The Hall–Kier alpha value is -1.32. The summed E-state index contributed by atoms with van der Waals surface area (Å²) in [7, 11) is 0. The number of alkyl halides is 5. The van der Waals surface area contributed by atoms with Gasteiger partial charge in [0.1, 0.15) is 16.6 Å². The monoisotopic (exact) mass is 694 g/mol. The van der Waals surface area contributed by atoms with Crippen molar-refractivity contribution in [1.82, 2.24) is 9.97 Å². The van der Waals surface area contributed by atoms with Crippen LogP contribution in [0.5, 0.6) is 11.6 Å². The van der Waals surface area contributed by atoms with E-state index in [2.05, 4.69) is 9.97 Å². The number of rotatable bonds is 5. The van der Waals surface area contributed by atoms with Crippen LogP contribution in [0.25, 0.3) is 0 Å². The molecule has 4 rings (SSSR count). The molecule has 0 N–H and O–H groups in total. The van der Waals surface area contributed by atoms with Crippen molar-refractivity contribution in [2.75, 3.05) is 6.61 Å². The van der Waals surface area contributed by atoms with Crippen molar-refractivity contribution in [2.24, 2.45) is 0 Å². The predicted octanol–water partition coefficient (Wildman–Crippen LogP) is 7.17. The van der Waals surface area contributed by atoms with E-state index in [-0.39, 0.29) is 29.0 Å². The fraction of sp³-hybridized carbons (Fsp3) is 0.200. The zero-order chi connectivity index (χ0) is 23.3. The summed E-state index contributed by atoms with van der Waals surface area (Å²) in [6, 6.07) is 7.45. The van der Waals surface area contributed by atoms with Crippen LogP contribution in [0.2, 0.25) is 5.02 Å². The van der Waals surface area contributed by atoms with E-state index in [0.717, 1.165) is 0 Å². The standard InChI is InChI=1S/C20H10ClF5I2N2O2/c21-14-5-10(20(24,25)26)7-30-17(14)32-12-2-4-16(29-8-12)19(23,28)18(9-31-18)13-3-1-11(22)6-15(13)27/h1-8H,9H2. The average Bonchev–Trinajstić information content (AvgIpc) is 3.51. The molecule has 1 aliphatic heterocycles. The molecule has 1 saturated heterocycles. The third kappa shape index (κ3) is 4.40. The number of ether oxygens (including phenoxy) is 2. The summed E-state index contributed by atoms with van der Waals surface area (Å²) in [6.07, 6.45) is -2.80. The Balaban J connectivity index is 1.57. The second kappa shape index (κ2) is 8.47. The molecule has 0 bridgehead atoms. The summed E-state index contributed by atoms with van der Waals surface area (Å²) in [5, 5.41) is -0.339. The molecule has 0 amide bonds. The first-order valence-electron chi connectivity index (χ1n) is 8.78. The number of aromatic nitrogens is 2. The van der Waals surface area contributed by atoms with Gasteiger partial charge in [0.25, 0.3) is 0 Å². The Morgan fingerprint density at radius 1 is 1.06 bits per heavy atom. The first-order valence-corrected chi connectivity index (χ1v) is 11.3. The summed E-state index contributed by atoms with van der Waals surface area (Å²) in [4.78, 5) is 7.69. The van der Waals surface area contributed by atoms with Gasteiger partial charge in [-0.15, -0.1) is 0 Å². The molecule has 0 radical (unpaired) electrons. The first kappa shape index (κ1) is 23.8. The number of hydrogen-bond donors (Lipinski definition) is 0. The van der Waals surface area contributed by atoms with E-state index >= 15 is 4.39 Å². The zero-order valence-electron chi connectivity index (χ0n) is 15.6. The van der Waals surface area contributed by atoms with Gasteiger partial charge in [-0.25, -0.2) is 13.8 Å². The summed E-state index contributed by atoms with van der Waals surface area (Å²) in [5.41, 5.74) is -1.82. The molecule has 2 unspecified atom stereocenters. The molecule has 168 valence electrons. The second-order valence-corrected chi connectivity index (χ2v) is 9.86. The maximum Gasteiger partial charge on any atom is 0.417 e. The summed E-state index contributed by atoms with van der Waals surface area (Å²) in [6.45, 7) is 0.0824. The fourth-order valence-electron chi connectivity index (χ4n) is 3.00. The van der Waals surface area contributed by atoms with Crippen molar-refractivity contribution in [3.8, 4) is 11.6 Å². The Morgan fingerprint density at radius 2 is 1.78 bits per heavy atom. The van der Waals surface area contributed by atoms with Crippen LogP contribution in [-0.2, 0) is 20.2 Å². The van der Waals surface area contributed by atoms with E-state index in [9.17, 15) is 17.6 Å². The molecule has 12 heteroatoms. The van der Waals surface area contributed by atoms with Crippen LogP contribution in [0.4, 0.5) is 22.0 Å². The van der Waals surface area contributed by atoms with Crippen molar-refractivity contribution in [3.05, 3.63) is 80.0 Å². The molecule has 3 aromatic rings. The Bertz CT molecular complexity index is 1170. The smallest absolute Gasteiger partial charge is 0.417 e. The van der Waals surface area contributed by atoms with Crippen LogP contribution in [0.15, 0.2) is 48.8 Å². The highest BCUT2D eigenvalue weighted by Gasteiger charge is 2.65. The van der Waals surface area contributed by atoms with E-state index < -0.39 is 26.8 Å². The number of hydrogen-bond acceptors (Lipinski definition) is 4. The van der Waals surface area contributed by atoms with E-state index in [0.29, 0.717) is 21.4 Å². The highest BCUT2D eigenvalue weighted by atomic mass is 127. The molecule has 0 spiro atoms. The average molecular weight is 695 g/mol. The third-order valence-electron chi connectivity index (χ3n) is 4.71. The lowest BCUT2D eigenvalue weighted by atomic mass is 9.92. The van der Waals surface area contributed by atoms with E-state index in [1.54, 1.807) is 22.6 Å². The van der Waals surface area contributed by atoms with E-state index in [1.165, 1.54) is 36.5 Å². The Labute approximate surface area is 210 Å². The molecule has 2 atom stereocenters. The van der Waals surface area contributed by atoms with E-state index in [1.807, 2.05) is 22.6 Å². The zero-order valence-corrected chi connectivity index (χ0v) is 20.6. The second-order valence-electron chi connectivity index (χ2n) is 6.80. The minimum absolute atomic E-state index is 0.0227. The third-order valence-corrected chi connectivity index (χ3v) is 7.30. The van der Waals surface area contributed by atoms with Gasteiger partial charge in [-0.05, 0) is 75.5 Å². The number of halogens is 8. The van der Waals surface area contributed by atoms with Gasteiger partial charge in [0.05, 0.1) is 24.1 Å². The van der Waals surface area contributed by atoms with Crippen LogP contribution < -0.4 is 4.74 Å². The van der Waals surface area contributed by atoms with Crippen LogP contribution in [-0.4, -0.2) is 16.6 Å². The molecule has 32 heavy (non-hydrogen) atoms. The maximum absolute atomic E-state index is 15.9. The molecule has 0 aliphatic carbocycles. The topological polar surface area (TPSA) is 47.5 Å². The molecule has 3 heterocycles. The SMILES string of the molecule is Fc1ccc(C2(C(F)(I)c3ccc(Oc4ncc(C(F)(F)F)cc4Cl)cn3)CO2)c(I)c1. The van der Waals surface area contributed by atoms with Gasteiger partial charge in [-0.2, -0.15) is 13.2 Å². The quantitative estimate of drug-likeness (QED) is 0.123. The normalized spacial score (nSPS) is 20.0. The lowest BCUT2D eigenvalue weighted by molar-refractivity contribution is -0.137. The molecular formula is C20H10ClF5I2N2O2. The minimum atomic E-state index is -4.59. The Kier molecular flexibility index (Phi) is 6.31. The highest BCUT2D eigenvalue weighted by molar-refractivity contribution is 14.1. The lowest BCUT2D eigenvalue weighted by Crippen LogP contribution is -2.32. The molecular weight excluding hydrogens is 684 g/mol. The van der Waals surface area contributed by atoms with Crippen molar-refractivity contribution >= 4 is 56.8 Å². The molecule has 1 fully saturated rings. The van der Waals surface area contributed by atoms with Crippen molar-refractivity contribution in [1.29, 1.82) is 0 Å². The predicted molar refractivity (Wildman–Crippen MR) is 122 cm³/mol. The maximum atomic E-state index is 15.9. The van der Waals surface area contributed by atoms with Crippen LogP contribution in [0, 0.1) is 9.39 Å². The van der Waals surface area contributed by atoms with Gasteiger partial charge in [0, 0.05) is 15.3 Å². The largest absolute Gasteiger partial charge is 0.436 e. The van der Waals surface area contributed by atoms with Gasteiger partial charge >= 0.3 is 6.18 Å². The lowest BCUT2D eigenvalue weighted by Gasteiger charge is -2.26. The van der Waals surface area contributed by atoms with E-state index in [4.69, 9.17) is 21.1 Å². The number of nitrogens with zero attached hydrogens (tertiary/aromatic N) is 2. The van der Waals surface area contributed by atoms with Gasteiger partial charge in [-0.1, -0.05) is 17.7 Å². The molecule has 1 aromatic carbocycles. The number of pyridine rings is 2. The van der Waals surface area contributed by atoms with Crippen molar-refractivity contribution < 1.29 is 31.4 Å². The van der Waals surface area contributed by atoms with Crippen molar-refractivity contribution in [3.63, 3.8) is 0 Å². The number of benzene rings is 1. The van der Waals surface area contributed by atoms with Gasteiger partial charge < -0.3 is 9.47 Å². The molecule has 1 aliphatic rings. The van der Waals surface area contributed by atoms with Crippen molar-refractivity contribution in [2.45, 2.75) is 15.5 Å². The van der Waals surface area contributed by atoms with Gasteiger partial charge in [0.2, 0.25) is 9.56 Å². The molecule has 4 nitrogen and oxygen atoms in total. The fourth-order valence-corrected chi connectivity index (χ4v) is 5.03. The van der Waals surface area contributed by atoms with Crippen LogP contribution in [0.3, 0.4) is 0 Å². The first-order chi connectivity index (χ1) is 14.9. The Morgan fingerprint density at radius 3 is 2.31 bits per heavy atom. The summed E-state index contributed by atoms with van der Waals surface area (Å²) < 4.78 is 76.9. The molecule has 0 saturated carbocycles. The van der Waals surface area contributed by atoms with Gasteiger partial charge in [-0.3, -0.25) is 4.98 Å². The molecule has 2 aromatic heterocycles. The highest BCUT2D eigenvalue weighted by Crippen LogP contribution is 2.59. The summed E-state index contributed by atoms with van der Waals surface area (Å²) in [5.74, 6) is -0.600. The summed E-state index contributed by atoms with van der Waals surface area (Å²) >= 11 is 9.35.